The lowest BCUT2D eigenvalue weighted by Crippen LogP contribution is -2.10. The van der Waals surface area contributed by atoms with Crippen molar-refractivity contribution in [2.45, 2.75) is 54.0 Å². The molecule has 1 heteroatoms. The van der Waals surface area contributed by atoms with E-state index in [2.05, 4.69) is 52.7 Å². The Morgan fingerprint density at radius 2 is 1.54 bits per heavy atom. The third kappa shape index (κ3) is 6.80. The third-order valence-corrected chi connectivity index (χ3v) is 2.52. The summed E-state index contributed by atoms with van der Waals surface area (Å²) in [5.41, 5.74) is 0. The molecule has 0 rings (SSSR count). The highest BCUT2D eigenvalue weighted by atomic mass is 14.7. The molecule has 0 bridgehead atoms. The van der Waals surface area contributed by atoms with Crippen LogP contribution in [0.3, 0.4) is 0 Å². The molecule has 78 valence electrons. The summed E-state index contributed by atoms with van der Waals surface area (Å²) >= 11 is 0. The molecule has 0 aromatic rings. The van der Waals surface area contributed by atoms with Gasteiger partial charge in [-0.15, -0.1) is 0 Å². The Balaban J connectivity index is 3.80. The quantitative estimate of drug-likeness (QED) is 0.575. The molecule has 2 unspecified atom stereocenters. The van der Waals surface area contributed by atoms with Crippen LogP contribution in [-0.4, -0.2) is 12.3 Å². The first-order valence-corrected chi connectivity index (χ1v) is 5.46. The van der Waals surface area contributed by atoms with Gasteiger partial charge in [-0.3, -0.25) is 4.99 Å². The van der Waals surface area contributed by atoms with Crippen molar-refractivity contribution in [2.24, 2.45) is 22.7 Å². The highest BCUT2D eigenvalue weighted by Gasteiger charge is 2.10. The monoisotopic (exact) mass is 183 g/mol. The van der Waals surface area contributed by atoms with E-state index in [1.165, 1.54) is 6.42 Å². The van der Waals surface area contributed by atoms with Crippen molar-refractivity contribution >= 4 is 6.21 Å². The number of hydrogen-bond acceptors (Lipinski definition) is 1. The molecule has 0 aliphatic carbocycles. The van der Waals surface area contributed by atoms with Crippen LogP contribution in [-0.2, 0) is 0 Å². The van der Waals surface area contributed by atoms with Crippen LogP contribution in [0.2, 0.25) is 0 Å². The lowest BCUT2D eigenvalue weighted by molar-refractivity contribution is 0.368. The first-order valence-electron chi connectivity index (χ1n) is 5.46. The Labute approximate surface area is 83.6 Å². The zero-order valence-electron chi connectivity index (χ0n) is 10.0. The molecule has 0 aliphatic rings. The molecule has 0 radical (unpaired) electrons. The highest BCUT2D eigenvalue weighted by Crippen LogP contribution is 2.18. The van der Waals surface area contributed by atoms with Crippen LogP contribution in [0.1, 0.15) is 48.0 Å². The van der Waals surface area contributed by atoms with E-state index < -0.39 is 0 Å². The average Bonchev–Trinajstić information content (AvgIpc) is 2.00. The van der Waals surface area contributed by atoms with Crippen molar-refractivity contribution < 1.29 is 0 Å². The second-order valence-corrected chi connectivity index (χ2v) is 4.83. The van der Waals surface area contributed by atoms with Gasteiger partial charge in [-0.2, -0.15) is 0 Å². The van der Waals surface area contributed by atoms with Gasteiger partial charge in [0.05, 0.1) is 0 Å². The van der Waals surface area contributed by atoms with Crippen LogP contribution in [0.15, 0.2) is 4.99 Å². The maximum atomic E-state index is 4.41. The van der Waals surface area contributed by atoms with E-state index in [1.807, 2.05) is 0 Å². The van der Waals surface area contributed by atoms with Crippen LogP contribution >= 0.6 is 0 Å². The summed E-state index contributed by atoms with van der Waals surface area (Å²) in [5.74, 6) is 2.21. The molecular formula is C12H25N. The molecule has 0 saturated heterocycles. The molecule has 13 heavy (non-hydrogen) atoms. The molecule has 2 atom stereocenters. The number of hydrogen-bond donors (Lipinski definition) is 0. The van der Waals surface area contributed by atoms with Gasteiger partial charge in [0.15, 0.2) is 0 Å². The molecule has 0 aromatic heterocycles. The SMILES string of the molecule is CC(C=NC(C)C)CC(C)C(C)C. The number of aliphatic imine (C=N–C) groups is 1. The van der Waals surface area contributed by atoms with Gasteiger partial charge in [0, 0.05) is 12.3 Å². The number of rotatable bonds is 5. The smallest absolute Gasteiger partial charge is 0.0439 e. The summed E-state index contributed by atoms with van der Waals surface area (Å²) in [5, 5.41) is 0. The molecular weight excluding hydrogens is 158 g/mol. The van der Waals surface area contributed by atoms with Gasteiger partial charge in [0.1, 0.15) is 0 Å². The Morgan fingerprint density at radius 1 is 1.00 bits per heavy atom. The lowest BCUT2D eigenvalue weighted by Gasteiger charge is -2.17. The molecule has 0 fully saturated rings. The fourth-order valence-electron chi connectivity index (χ4n) is 1.24. The first-order chi connectivity index (χ1) is 5.93. The molecule has 1 nitrogen and oxygen atoms in total. The van der Waals surface area contributed by atoms with E-state index in [1.54, 1.807) is 0 Å². The average molecular weight is 183 g/mol. The van der Waals surface area contributed by atoms with E-state index in [4.69, 9.17) is 0 Å². The van der Waals surface area contributed by atoms with E-state index in [9.17, 15) is 0 Å². The first kappa shape index (κ1) is 12.7. The van der Waals surface area contributed by atoms with Gasteiger partial charge in [-0.05, 0) is 38.0 Å². The van der Waals surface area contributed by atoms with Crippen LogP contribution in [0, 0.1) is 17.8 Å². The Morgan fingerprint density at radius 3 is 1.92 bits per heavy atom. The predicted octanol–water partition coefficient (Wildman–Crippen LogP) is 3.78. The zero-order valence-corrected chi connectivity index (χ0v) is 10.0. The third-order valence-electron chi connectivity index (χ3n) is 2.52. The van der Waals surface area contributed by atoms with Crippen LogP contribution in [0.5, 0.6) is 0 Å². The van der Waals surface area contributed by atoms with Crippen molar-refractivity contribution in [1.29, 1.82) is 0 Å². The van der Waals surface area contributed by atoms with Crippen molar-refractivity contribution in [1.82, 2.24) is 0 Å². The second-order valence-electron chi connectivity index (χ2n) is 4.83. The largest absolute Gasteiger partial charge is 0.295 e. The summed E-state index contributed by atoms with van der Waals surface area (Å²) in [4.78, 5) is 4.41. The van der Waals surface area contributed by atoms with Crippen molar-refractivity contribution in [3.8, 4) is 0 Å². The summed E-state index contributed by atoms with van der Waals surface area (Å²) in [7, 11) is 0. The predicted molar refractivity (Wildman–Crippen MR) is 61.4 cm³/mol. The fraction of sp³-hybridized carbons (Fsp3) is 0.917. The highest BCUT2D eigenvalue weighted by molar-refractivity contribution is 5.60. The Hall–Kier alpha value is -0.330. The topological polar surface area (TPSA) is 12.4 Å². The minimum absolute atomic E-state index is 0.441. The Bertz CT molecular complexity index is 147. The van der Waals surface area contributed by atoms with Crippen molar-refractivity contribution in [2.75, 3.05) is 0 Å². The molecule has 0 saturated carbocycles. The van der Waals surface area contributed by atoms with Gasteiger partial charge in [-0.1, -0.05) is 27.7 Å². The molecule has 0 spiro atoms. The van der Waals surface area contributed by atoms with Crippen LogP contribution in [0.25, 0.3) is 0 Å². The minimum Gasteiger partial charge on any atom is -0.295 e. The van der Waals surface area contributed by atoms with E-state index in [0.29, 0.717) is 12.0 Å². The minimum atomic E-state index is 0.441. The summed E-state index contributed by atoms with van der Waals surface area (Å²) in [6.07, 6.45) is 3.37. The van der Waals surface area contributed by atoms with Gasteiger partial charge < -0.3 is 0 Å². The standard InChI is InChI=1S/C12H25N/c1-9(2)12(6)7-11(5)8-13-10(3)4/h8-12H,7H2,1-6H3. The summed E-state index contributed by atoms with van der Waals surface area (Å²) < 4.78 is 0. The van der Waals surface area contributed by atoms with Crippen LogP contribution < -0.4 is 0 Å². The molecule has 0 heterocycles. The maximum absolute atomic E-state index is 4.41. The second kappa shape index (κ2) is 6.17. The van der Waals surface area contributed by atoms with Gasteiger partial charge >= 0.3 is 0 Å². The van der Waals surface area contributed by atoms with Gasteiger partial charge in [0.25, 0.3) is 0 Å². The van der Waals surface area contributed by atoms with E-state index >= 15 is 0 Å². The molecule has 0 amide bonds. The summed E-state index contributed by atoms with van der Waals surface area (Å²) in [6, 6.07) is 0.441. The fourth-order valence-corrected chi connectivity index (χ4v) is 1.24. The van der Waals surface area contributed by atoms with Gasteiger partial charge in [0.2, 0.25) is 0 Å². The number of nitrogens with zero attached hydrogens (tertiary/aromatic N) is 1. The summed E-state index contributed by atoms with van der Waals surface area (Å²) in [6.45, 7) is 13.4. The van der Waals surface area contributed by atoms with Crippen molar-refractivity contribution in [3.63, 3.8) is 0 Å². The maximum Gasteiger partial charge on any atom is 0.0439 e. The normalized spacial score (nSPS) is 17.2. The van der Waals surface area contributed by atoms with E-state index in [-0.39, 0.29) is 0 Å². The Kier molecular flexibility index (Phi) is 6.02. The van der Waals surface area contributed by atoms with Gasteiger partial charge in [-0.25, -0.2) is 0 Å². The lowest BCUT2D eigenvalue weighted by atomic mass is 9.89. The molecule has 0 aromatic carbocycles. The van der Waals surface area contributed by atoms with Crippen molar-refractivity contribution in [3.05, 3.63) is 0 Å². The zero-order chi connectivity index (χ0) is 10.4. The van der Waals surface area contributed by atoms with Crippen LogP contribution in [0.4, 0.5) is 0 Å². The molecule has 0 aliphatic heterocycles. The van der Waals surface area contributed by atoms with E-state index in [0.717, 1.165) is 11.8 Å². The molecule has 0 N–H and O–H groups in total.